The van der Waals surface area contributed by atoms with Gasteiger partial charge >= 0.3 is 0 Å². The summed E-state index contributed by atoms with van der Waals surface area (Å²) in [5.41, 5.74) is 0.429. The van der Waals surface area contributed by atoms with E-state index in [1.54, 1.807) is 12.1 Å². The lowest BCUT2D eigenvalue weighted by molar-refractivity contribution is -0.137. The minimum atomic E-state index is -0.858. The molecule has 1 aromatic carbocycles. The van der Waals surface area contributed by atoms with Crippen LogP contribution in [0.3, 0.4) is 0 Å². The van der Waals surface area contributed by atoms with Crippen LogP contribution in [0.5, 0.6) is 11.5 Å². The predicted molar refractivity (Wildman–Crippen MR) is 178 cm³/mol. The van der Waals surface area contributed by atoms with Crippen molar-refractivity contribution in [2.45, 2.75) is 119 Å². The van der Waals surface area contributed by atoms with E-state index < -0.39 is 45.1 Å². The SMILES string of the molecule is CC(C)C1=CC2=C(C(=O)C1=O)[C@@]1(C)CCCC(C)(C)C1C(=O)/C2=C1/C(=O)C2C(C)(C)CCC[C@]2(C)c2c1cc(C(C)C)c(O)c2O. The molecule has 0 aliphatic heterocycles. The monoisotopic (exact) mass is 626 g/mol. The van der Waals surface area contributed by atoms with Gasteiger partial charge in [0, 0.05) is 56.1 Å². The van der Waals surface area contributed by atoms with Crippen molar-refractivity contribution < 1.29 is 29.4 Å². The van der Waals surface area contributed by atoms with Crippen LogP contribution < -0.4 is 0 Å². The Balaban J connectivity index is 1.85. The second-order valence-electron chi connectivity index (χ2n) is 17.3. The number of ketones is 4. The number of Topliss-reactive ketones (excluding diaryl/α,β-unsaturated/α-hetero) is 4. The van der Waals surface area contributed by atoms with Crippen LogP contribution in [-0.4, -0.2) is 33.3 Å². The summed E-state index contributed by atoms with van der Waals surface area (Å²) in [5, 5.41) is 23.2. The fourth-order valence-corrected chi connectivity index (χ4v) is 10.8. The molecule has 0 saturated heterocycles. The summed E-state index contributed by atoms with van der Waals surface area (Å²) in [5.74, 6) is -3.46. The molecule has 5 aliphatic carbocycles. The molecular weight excluding hydrogens is 576 g/mol. The molecule has 2 fully saturated rings. The fraction of sp³-hybridized carbons (Fsp3) is 0.600. The van der Waals surface area contributed by atoms with E-state index in [0.29, 0.717) is 46.3 Å². The summed E-state index contributed by atoms with van der Waals surface area (Å²) in [6.07, 6.45) is 6.23. The van der Waals surface area contributed by atoms with Gasteiger partial charge in [-0.2, -0.15) is 0 Å². The van der Waals surface area contributed by atoms with Gasteiger partial charge in [0.05, 0.1) is 0 Å². The van der Waals surface area contributed by atoms with E-state index in [4.69, 9.17) is 0 Å². The standard InChI is InChI=1S/C40H50O6/c1-19(2)21-17-23-25(31(43)35-37(5,6)13-11-15-39(35,9)27(23)33(45)29(21)41)26-24-18-22(20(3)4)30(42)34(46)28(24)40(10)16-12-14-38(7,8)36(40)32(26)44/h17-20,35-36,41,45H,11-16H2,1-10H3/b26-25+/t35?,36?,39-,40-/m1/s1. The van der Waals surface area contributed by atoms with Gasteiger partial charge in [0.2, 0.25) is 11.6 Å². The molecule has 5 aliphatic rings. The molecule has 0 bridgehead atoms. The molecular formula is C40H50O6. The van der Waals surface area contributed by atoms with Gasteiger partial charge in [-0.25, -0.2) is 0 Å². The predicted octanol–water partition coefficient (Wildman–Crippen LogP) is 8.09. The van der Waals surface area contributed by atoms with E-state index >= 15 is 9.59 Å². The summed E-state index contributed by atoms with van der Waals surface area (Å²) < 4.78 is 0. The molecule has 6 heteroatoms. The van der Waals surface area contributed by atoms with Gasteiger partial charge in [-0.05, 0) is 71.6 Å². The van der Waals surface area contributed by atoms with Crippen molar-refractivity contribution in [1.29, 1.82) is 0 Å². The molecule has 246 valence electrons. The van der Waals surface area contributed by atoms with Crippen molar-refractivity contribution in [1.82, 2.24) is 0 Å². The van der Waals surface area contributed by atoms with Gasteiger partial charge in [-0.1, -0.05) is 82.1 Å². The average molecular weight is 627 g/mol. The molecule has 4 atom stereocenters. The maximum atomic E-state index is 15.4. The first-order valence-electron chi connectivity index (χ1n) is 17.2. The lowest BCUT2D eigenvalue weighted by Gasteiger charge is -2.56. The van der Waals surface area contributed by atoms with Crippen LogP contribution in [0.15, 0.2) is 34.4 Å². The topological polar surface area (TPSA) is 109 Å². The summed E-state index contributed by atoms with van der Waals surface area (Å²) >= 11 is 0. The minimum Gasteiger partial charge on any atom is -0.504 e. The minimum absolute atomic E-state index is 0.157. The van der Waals surface area contributed by atoms with Crippen molar-refractivity contribution in [3.8, 4) is 11.5 Å². The summed E-state index contributed by atoms with van der Waals surface area (Å²) in [4.78, 5) is 58.7. The molecule has 2 unspecified atom stereocenters. The highest BCUT2D eigenvalue weighted by molar-refractivity contribution is 6.51. The van der Waals surface area contributed by atoms with Crippen LogP contribution in [0.2, 0.25) is 0 Å². The first-order chi connectivity index (χ1) is 21.2. The van der Waals surface area contributed by atoms with Crippen LogP contribution in [0, 0.1) is 34.0 Å². The number of carbonyl (C=O) groups is 4. The molecule has 0 aromatic heterocycles. The molecule has 1 aromatic rings. The number of benzene rings is 1. The lowest BCUT2D eigenvalue weighted by atomic mass is 9.45. The number of phenolic OH excluding ortho intramolecular Hbond substituents is 2. The first kappa shape index (κ1) is 32.7. The van der Waals surface area contributed by atoms with Gasteiger partial charge in [0.25, 0.3) is 0 Å². The van der Waals surface area contributed by atoms with Gasteiger partial charge < -0.3 is 10.2 Å². The number of rotatable bonds is 2. The van der Waals surface area contributed by atoms with Gasteiger partial charge in [-0.15, -0.1) is 0 Å². The van der Waals surface area contributed by atoms with Gasteiger partial charge in [0.1, 0.15) is 0 Å². The quantitative estimate of drug-likeness (QED) is 0.149. The van der Waals surface area contributed by atoms with Crippen LogP contribution in [0.25, 0.3) is 5.57 Å². The first-order valence-corrected chi connectivity index (χ1v) is 17.2. The fourth-order valence-electron chi connectivity index (χ4n) is 10.8. The number of phenols is 2. The Morgan fingerprint density at radius 2 is 1.20 bits per heavy atom. The number of allylic oxidation sites excluding steroid dienone is 6. The van der Waals surface area contributed by atoms with E-state index in [9.17, 15) is 19.8 Å². The molecule has 6 rings (SSSR count). The Morgan fingerprint density at radius 1 is 0.674 bits per heavy atom. The zero-order chi connectivity index (χ0) is 34.0. The third kappa shape index (κ3) is 4.13. The number of hydrogen-bond acceptors (Lipinski definition) is 6. The molecule has 0 amide bonds. The Morgan fingerprint density at radius 3 is 1.74 bits per heavy atom. The van der Waals surface area contributed by atoms with E-state index in [-0.39, 0.29) is 46.0 Å². The third-order valence-corrected chi connectivity index (χ3v) is 12.6. The van der Waals surface area contributed by atoms with E-state index in [2.05, 4.69) is 27.7 Å². The molecule has 0 spiro atoms. The van der Waals surface area contributed by atoms with Gasteiger partial charge in [-0.3, -0.25) is 19.2 Å². The molecule has 0 radical (unpaired) electrons. The van der Waals surface area contributed by atoms with Crippen LogP contribution >= 0.6 is 0 Å². The zero-order valence-electron chi connectivity index (χ0n) is 29.2. The highest BCUT2D eigenvalue weighted by Gasteiger charge is 2.62. The number of carbonyl (C=O) groups excluding carboxylic acids is 4. The normalized spacial score (nSPS) is 33.5. The third-order valence-electron chi connectivity index (χ3n) is 12.6. The van der Waals surface area contributed by atoms with Crippen LogP contribution in [0.4, 0.5) is 0 Å². The highest BCUT2D eigenvalue weighted by Crippen LogP contribution is 2.65. The summed E-state index contributed by atoms with van der Waals surface area (Å²) in [7, 11) is 0. The Kier molecular flexibility index (Phi) is 7.18. The van der Waals surface area contributed by atoms with Crippen molar-refractivity contribution in [3.63, 3.8) is 0 Å². The maximum absolute atomic E-state index is 15.4. The molecule has 46 heavy (non-hydrogen) atoms. The van der Waals surface area contributed by atoms with Crippen molar-refractivity contribution in [2.75, 3.05) is 0 Å². The van der Waals surface area contributed by atoms with Crippen LogP contribution in [0.1, 0.15) is 130 Å². The summed E-state index contributed by atoms with van der Waals surface area (Å²) in [6.45, 7) is 19.8. The molecule has 2 N–H and O–H groups in total. The number of fused-ring (bicyclic) bond motifs is 5. The van der Waals surface area contributed by atoms with E-state index in [1.165, 1.54) is 0 Å². The maximum Gasteiger partial charge on any atom is 0.230 e. The van der Waals surface area contributed by atoms with E-state index in [1.807, 2.05) is 41.5 Å². The van der Waals surface area contributed by atoms with E-state index in [0.717, 1.165) is 25.7 Å². The average Bonchev–Trinajstić information content (AvgIpc) is 2.91. The van der Waals surface area contributed by atoms with Crippen molar-refractivity contribution in [2.24, 2.45) is 34.0 Å². The second kappa shape index (κ2) is 10.1. The smallest absolute Gasteiger partial charge is 0.230 e. The number of aromatic hydroxyl groups is 2. The van der Waals surface area contributed by atoms with Gasteiger partial charge in [0.15, 0.2) is 23.1 Å². The summed E-state index contributed by atoms with van der Waals surface area (Å²) in [6, 6.07) is 1.80. The molecule has 6 nitrogen and oxygen atoms in total. The Labute approximate surface area is 273 Å². The highest BCUT2D eigenvalue weighted by atomic mass is 16.3. The molecule has 0 heterocycles. The second-order valence-corrected chi connectivity index (χ2v) is 17.3. The largest absolute Gasteiger partial charge is 0.504 e. The lowest BCUT2D eigenvalue weighted by Crippen LogP contribution is -2.55. The Hall–Kier alpha value is -3.28. The zero-order valence-corrected chi connectivity index (χ0v) is 29.2. The van der Waals surface area contributed by atoms with Crippen molar-refractivity contribution in [3.05, 3.63) is 51.1 Å². The molecule has 2 saturated carbocycles. The van der Waals surface area contributed by atoms with Crippen LogP contribution in [-0.2, 0) is 24.6 Å². The Bertz CT molecular complexity index is 1730. The van der Waals surface area contributed by atoms with Crippen molar-refractivity contribution >= 4 is 28.7 Å². The number of hydrogen-bond donors (Lipinski definition) is 2.